The van der Waals surface area contributed by atoms with Gasteiger partial charge in [-0.05, 0) is 38.4 Å². The molecule has 21 heavy (non-hydrogen) atoms. The number of anilines is 1. The van der Waals surface area contributed by atoms with Gasteiger partial charge < -0.3 is 5.32 Å². The molecule has 0 saturated carbocycles. The van der Waals surface area contributed by atoms with Crippen molar-refractivity contribution in [2.24, 2.45) is 0 Å². The number of halogens is 2. The summed E-state index contributed by atoms with van der Waals surface area (Å²) in [6, 6.07) is 12.8. The zero-order valence-electron chi connectivity index (χ0n) is 11.7. The Labute approximate surface area is 133 Å². The largest absolute Gasteiger partial charge is 0.324 e. The molecule has 1 atom stereocenters. The minimum absolute atomic E-state index is 0.127. The minimum atomic E-state index is -0.974. The molecule has 5 heteroatoms. The minimum Gasteiger partial charge on any atom is -0.324 e. The Hall–Kier alpha value is -1.55. The second-order valence-electron chi connectivity index (χ2n) is 5.23. The van der Waals surface area contributed by atoms with E-state index in [1.54, 1.807) is 12.1 Å². The van der Waals surface area contributed by atoms with Crippen LogP contribution < -0.4 is 5.32 Å². The third-order valence-electron chi connectivity index (χ3n) is 3.88. The van der Waals surface area contributed by atoms with E-state index in [1.165, 1.54) is 0 Å². The molecule has 1 aliphatic rings. The molecule has 1 heterocycles. The number of carbonyl (C=O) groups is 1. The number of rotatable bonds is 2. The lowest BCUT2D eigenvalue weighted by atomic mass is 9.82. The van der Waals surface area contributed by atoms with Crippen LogP contribution in [0.5, 0.6) is 0 Å². The van der Waals surface area contributed by atoms with E-state index >= 15 is 0 Å². The Morgan fingerprint density at radius 1 is 1.05 bits per heavy atom. The second-order valence-corrected chi connectivity index (χ2v) is 6.07. The molecule has 0 aliphatic carbocycles. The number of fused-ring (bicyclic) bond motifs is 1. The van der Waals surface area contributed by atoms with Gasteiger partial charge in [0.05, 0.1) is 0 Å². The Kier molecular flexibility index (Phi) is 3.44. The lowest BCUT2D eigenvalue weighted by Gasteiger charge is -2.35. The van der Waals surface area contributed by atoms with Crippen LogP contribution in [0.4, 0.5) is 5.69 Å². The van der Waals surface area contributed by atoms with Crippen LogP contribution in [-0.2, 0) is 10.3 Å². The number of carbonyl (C=O) groups excluding carboxylic acids is 1. The maximum atomic E-state index is 12.8. The summed E-state index contributed by atoms with van der Waals surface area (Å²) in [5, 5.41) is 4.06. The Balaban J connectivity index is 2.37. The van der Waals surface area contributed by atoms with Crippen LogP contribution in [0.15, 0.2) is 42.5 Å². The molecular formula is C16H14Cl2N2O. The Morgan fingerprint density at radius 3 is 2.43 bits per heavy atom. The highest BCUT2D eigenvalue weighted by molar-refractivity contribution is 6.32. The lowest BCUT2D eigenvalue weighted by molar-refractivity contribution is -0.123. The first-order valence-electron chi connectivity index (χ1n) is 6.52. The number of nitrogens with one attached hydrogen (secondary N) is 1. The molecule has 0 spiro atoms. The molecule has 0 saturated heterocycles. The standard InChI is InChI=1S/C16H14Cl2N2O/c1-20(2)16(11-5-3-4-6-13(11)18)12-9-10(17)7-8-14(12)19-15(16)21/h3-9H,1-2H3,(H,19,21). The van der Waals surface area contributed by atoms with Gasteiger partial charge in [0.1, 0.15) is 0 Å². The fourth-order valence-electron chi connectivity index (χ4n) is 2.97. The SMILES string of the molecule is CN(C)C1(c2ccccc2Cl)C(=O)Nc2ccc(Cl)cc21. The third kappa shape index (κ3) is 1.96. The van der Waals surface area contributed by atoms with Crippen molar-refractivity contribution in [3.05, 3.63) is 63.6 Å². The van der Waals surface area contributed by atoms with Crippen molar-refractivity contribution in [2.45, 2.75) is 5.54 Å². The molecule has 2 aromatic carbocycles. The van der Waals surface area contributed by atoms with Gasteiger partial charge in [-0.3, -0.25) is 9.69 Å². The number of benzene rings is 2. The van der Waals surface area contributed by atoms with Crippen LogP contribution in [0.25, 0.3) is 0 Å². The maximum absolute atomic E-state index is 12.8. The second kappa shape index (κ2) is 5.02. The smallest absolute Gasteiger partial charge is 0.254 e. The maximum Gasteiger partial charge on any atom is 0.254 e. The van der Waals surface area contributed by atoms with Gasteiger partial charge >= 0.3 is 0 Å². The molecule has 1 aliphatic heterocycles. The molecule has 1 unspecified atom stereocenters. The van der Waals surface area contributed by atoms with E-state index < -0.39 is 5.54 Å². The van der Waals surface area contributed by atoms with Gasteiger partial charge in [0.15, 0.2) is 5.54 Å². The van der Waals surface area contributed by atoms with Crippen LogP contribution in [0, 0.1) is 0 Å². The van der Waals surface area contributed by atoms with Gasteiger partial charge in [-0.2, -0.15) is 0 Å². The highest BCUT2D eigenvalue weighted by atomic mass is 35.5. The van der Waals surface area contributed by atoms with Crippen LogP contribution in [0.1, 0.15) is 11.1 Å². The van der Waals surface area contributed by atoms with Gasteiger partial charge in [0.2, 0.25) is 0 Å². The molecule has 3 rings (SSSR count). The zero-order chi connectivity index (χ0) is 15.2. The first kappa shape index (κ1) is 14.4. The van der Waals surface area contributed by atoms with Crippen LogP contribution in [0.3, 0.4) is 0 Å². The van der Waals surface area contributed by atoms with Gasteiger partial charge in [-0.15, -0.1) is 0 Å². The van der Waals surface area contributed by atoms with Crippen molar-refractivity contribution in [2.75, 3.05) is 19.4 Å². The summed E-state index contributed by atoms with van der Waals surface area (Å²) in [4.78, 5) is 14.7. The summed E-state index contributed by atoms with van der Waals surface area (Å²) in [5.41, 5.74) is 1.35. The molecule has 1 amide bonds. The molecule has 0 fully saturated rings. The molecule has 0 bridgehead atoms. The summed E-state index contributed by atoms with van der Waals surface area (Å²) < 4.78 is 0. The molecule has 0 radical (unpaired) electrons. The van der Waals surface area contributed by atoms with Crippen LogP contribution in [-0.4, -0.2) is 24.9 Å². The number of nitrogens with zero attached hydrogens (tertiary/aromatic N) is 1. The molecule has 1 N–H and O–H groups in total. The van der Waals surface area contributed by atoms with E-state index in [2.05, 4.69) is 5.32 Å². The average molecular weight is 321 g/mol. The van der Waals surface area contributed by atoms with E-state index in [4.69, 9.17) is 23.2 Å². The predicted molar refractivity (Wildman–Crippen MR) is 86.0 cm³/mol. The molecule has 0 aromatic heterocycles. The summed E-state index contributed by atoms with van der Waals surface area (Å²) in [7, 11) is 3.72. The summed E-state index contributed by atoms with van der Waals surface area (Å²) in [6.45, 7) is 0. The van der Waals surface area contributed by atoms with Crippen molar-refractivity contribution >= 4 is 34.8 Å². The van der Waals surface area contributed by atoms with E-state index in [9.17, 15) is 4.79 Å². The number of hydrogen-bond acceptors (Lipinski definition) is 2. The van der Waals surface area contributed by atoms with Crippen molar-refractivity contribution in [1.82, 2.24) is 4.90 Å². The fraction of sp³-hybridized carbons (Fsp3) is 0.188. The van der Waals surface area contributed by atoms with E-state index in [0.29, 0.717) is 10.0 Å². The third-order valence-corrected chi connectivity index (χ3v) is 4.45. The Bertz CT molecular complexity index is 730. The first-order chi connectivity index (χ1) is 9.97. The van der Waals surface area contributed by atoms with Crippen molar-refractivity contribution in [3.63, 3.8) is 0 Å². The zero-order valence-corrected chi connectivity index (χ0v) is 13.2. The molecule has 2 aromatic rings. The normalized spacial score (nSPS) is 20.5. The van der Waals surface area contributed by atoms with Gasteiger partial charge in [0.25, 0.3) is 5.91 Å². The van der Waals surface area contributed by atoms with Crippen LogP contribution in [0.2, 0.25) is 10.0 Å². The highest BCUT2D eigenvalue weighted by Gasteiger charge is 2.51. The lowest BCUT2D eigenvalue weighted by Crippen LogP contribution is -2.48. The van der Waals surface area contributed by atoms with E-state index in [-0.39, 0.29) is 5.91 Å². The average Bonchev–Trinajstić information content (AvgIpc) is 2.72. The summed E-state index contributed by atoms with van der Waals surface area (Å²) in [5.74, 6) is -0.127. The first-order valence-corrected chi connectivity index (χ1v) is 7.27. The van der Waals surface area contributed by atoms with E-state index in [0.717, 1.165) is 16.8 Å². The van der Waals surface area contributed by atoms with Crippen LogP contribution >= 0.6 is 23.2 Å². The summed E-state index contributed by atoms with van der Waals surface area (Å²) >= 11 is 12.5. The van der Waals surface area contributed by atoms with Crippen molar-refractivity contribution in [1.29, 1.82) is 0 Å². The predicted octanol–water partition coefficient (Wildman–Crippen LogP) is 3.75. The molecule has 108 valence electrons. The fourth-order valence-corrected chi connectivity index (χ4v) is 3.41. The summed E-state index contributed by atoms with van der Waals surface area (Å²) in [6.07, 6.45) is 0. The van der Waals surface area contributed by atoms with E-state index in [1.807, 2.05) is 49.3 Å². The Morgan fingerprint density at radius 2 is 1.76 bits per heavy atom. The number of hydrogen-bond donors (Lipinski definition) is 1. The number of amides is 1. The number of likely N-dealkylation sites (N-methyl/N-ethyl adjacent to an activating group) is 1. The van der Waals surface area contributed by atoms with Crippen molar-refractivity contribution < 1.29 is 4.79 Å². The van der Waals surface area contributed by atoms with Crippen molar-refractivity contribution in [3.8, 4) is 0 Å². The van der Waals surface area contributed by atoms with Gasteiger partial charge in [-0.25, -0.2) is 0 Å². The highest BCUT2D eigenvalue weighted by Crippen LogP contribution is 2.47. The molecular weight excluding hydrogens is 307 g/mol. The topological polar surface area (TPSA) is 32.3 Å². The van der Waals surface area contributed by atoms with Gasteiger partial charge in [0, 0.05) is 26.9 Å². The van der Waals surface area contributed by atoms with Gasteiger partial charge in [-0.1, -0.05) is 41.4 Å². The monoisotopic (exact) mass is 320 g/mol. The molecule has 3 nitrogen and oxygen atoms in total. The quantitative estimate of drug-likeness (QED) is 0.914.